The number of benzene rings is 1. The molecule has 2 aromatic rings. The molecule has 1 saturated heterocycles. The highest BCUT2D eigenvalue weighted by molar-refractivity contribution is 6.35. The largest absolute Gasteiger partial charge is 0.489 e. The molecule has 6 nitrogen and oxygen atoms in total. The molecule has 1 aliphatic carbocycles. The van der Waals surface area contributed by atoms with Gasteiger partial charge in [-0.05, 0) is 49.3 Å². The van der Waals surface area contributed by atoms with Crippen molar-refractivity contribution in [2.24, 2.45) is 5.92 Å². The highest BCUT2D eigenvalue weighted by atomic mass is 35.5. The van der Waals surface area contributed by atoms with Crippen molar-refractivity contribution in [3.05, 3.63) is 41.2 Å². The summed E-state index contributed by atoms with van der Waals surface area (Å²) in [5.74, 6) is 3.52. The van der Waals surface area contributed by atoms with E-state index in [1.807, 2.05) is 12.1 Å². The molecule has 0 bridgehead atoms. The van der Waals surface area contributed by atoms with E-state index in [1.165, 1.54) is 12.8 Å². The van der Waals surface area contributed by atoms with E-state index in [9.17, 15) is 4.79 Å². The van der Waals surface area contributed by atoms with Gasteiger partial charge in [-0.2, -0.15) is 0 Å². The summed E-state index contributed by atoms with van der Waals surface area (Å²) in [6, 6.07) is 8.09. The average Bonchev–Trinajstić information content (AvgIpc) is 3.44. The normalized spacial score (nSPS) is 19.6. The van der Waals surface area contributed by atoms with Gasteiger partial charge in [-0.15, -0.1) is 0 Å². The van der Waals surface area contributed by atoms with E-state index in [-0.39, 0.29) is 17.8 Å². The minimum atomic E-state index is 0.0828. The number of nitrogens with one attached hydrogen (secondary N) is 1. The van der Waals surface area contributed by atoms with Gasteiger partial charge < -0.3 is 19.7 Å². The van der Waals surface area contributed by atoms with E-state index in [0.29, 0.717) is 17.3 Å². The number of hydrogen-bond acceptors (Lipinski definition) is 6. The third-order valence-electron chi connectivity index (χ3n) is 5.82. The van der Waals surface area contributed by atoms with Gasteiger partial charge in [-0.3, -0.25) is 0 Å². The fourth-order valence-electron chi connectivity index (χ4n) is 3.90. The molecule has 1 aliphatic heterocycles. The Labute approximate surface area is 183 Å². The Hall–Kier alpha value is -2.34. The van der Waals surface area contributed by atoms with Crippen LogP contribution in [0.1, 0.15) is 51.0 Å². The maximum Gasteiger partial charge on any atom is 0.153 e. The molecule has 1 saturated carbocycles. The standard InChI is InChI=1S/C23H29ClN4O2/c1-15(11-16(2)29)18-5-7-19(8-6-18)30-20-9-10-28(13-20)23-21(24)22(26-14-27-23)25-12-17-3-4-17/h5-8,14-15,17,20H,3-4,9-13H2,1-2H3,(H,25,26,27)/t15-,20-/m1/s1. The van der Waals surface area contributed by atoms with Gasteiger partial charge in [-0.25, -0.2) is 9.97 Å². The van der Waals surface area contributed by atoms with Crippen molar-refractivity contribution in [3.63, 3.8) is 0 Å². The molecular weight excluding hydrogens is 400 g/mol. The Morgan fingerprint density at radius 3 is 2.73 bits per heavy atom. The Balaban J connectivity index is 1.34. The third kappa shape index (κ3) is 5.22. The topological polar surface area (TPSA) is 67.3 Å². The van der Waals surface area contributed by atoms with Crippen molar-refractivity contribution in [3.8, 4) is 5.75 Å². The fraction of sp³-hybridized carbons (Fsp3) is 0.522. The molecule has 2 aliphatic rings. The van der Waals surface area contributed by atoms with E-state index in [2.05, 4.69) is 39.2 Å². The maximum atomic E-state index is 11.3. The van der Waals surface area contributed by atoms with Crippen LogP contribution in [0.3, 0.4) is 0 Å². The molecule has 160 valence electrons. The second-order valence-corrected chi connectivity index (χ2v) is 8.91. The van der Waals surface area contributed by atoms with Crippen LogP contribution in [0.15, 0.2) is 30.6 Å². The number of ketones is 1. The summed E-state index contributed by atoms with van der Waals surface area (Å²) in [5.41, 5.74) is 1.16. The monoisotopic (exact) mass is 428 g/mol. The first kappa shape index (κ1) is 20.9. The van der Waals surface area contributed by atoms with Crippen molar-refractivity contribution < 1.29 is 9.53 Å². The predicted molar refractivity (Wildman–Crippen MR) is 120 cm³/mol. The van der Waals surface area contributed by atoms with E-state index in [0.717, 1.165) is 49.1 Å². The van der Waals surface area contributed by atoms with Gasteiger partial charge in [0, 0.05) is 25.9 Å². The van der Waals surface area contributed by atoms with Gasteiger partial charge in [0.05, 0.1) is 6.54 Å². The molecule has 2 atom stereocenters. The van der Waals surface area contributed by atoms with E-state index >= 15 is 0 Å². The van der Waals surface area contributed by atoms with Crippen molar-refractivity contribution in [2.45, 2.75) is 51.6 Å². The number of rotatable bonds is 9. The van der Waals surface area contributed by atoms with Crippen LogP contribution in [0, 0.1) is 5.92 Å². The molecule has 0 radical (unpaired) electrons. The lowest BCUT2D eigenvalue weighted by molar-refractivity contribution is -0.117. The van der Waals surface area contributed by atoms with E-state index in [1.54, 1.807) is 13.3 Å². The van der Waals surface area contributed by atoms with Gasteiger partial charge in [0.15, 0.2) is 5.82 Å². The number of aromatic nitrogens is 2. The number of carbonyl (C=O) groups excluding carboxylic acids is 1. The Bertz CT molecular complexity index is 885. The molecule has 0 amide bonds. The molecule has 2 fully saturated rings. The molecule has 4 rings (SSSR count). The average molecular weight is 429 g/mol. The molecular formula is C23H29ClN4O2. The second-order valence-electron chi connectivity index (χ2n) is 8.53. The Kier molecular flexibility index (Phi) is 6.42. The van der Waals surface area contributed by atoms with Crippen molar-refractivity contribution in [1.29, 1.82) is 0 Å². The molecule has 30 heavy (non-hydrogen) atoms. The van der Waals surface area contributed by atoms with Crippen LogP contribution in [0.4, 0.5) is 11.6 Å². The van der Waals surface area contributed by atoms with Gasteiger partial charge >= 0.3 is 0 Å². The zero-order chi connectivity index (χ0) is 21.1. The lowest BCUT2D eigenvalue weighted by Crippen LogP contribution is -2.26. The first-order chi connectivity index (χ1) is 14.5. The lowest BCUT2D eigenvalue weighted by Gasteiger charge is -2.20. The molecule has 7 heteroatoms. The number of nitrogens with zero attached hydrogens (tertiary/aromatic N) is 3. The van der Waals surface area contributed by atoms with Gasteiger partial charge in [0.25, 0.3) is 0 Å². The quantitative estimate of drug-likeness (QED) is 0.624. The summed E-state index contributed by atoms with van der Waals surface area (Å²) in [6.45, 7) is 6.21. The SMILES string of the molecule is CC(=O)C[C@@H](C)c1ccc(O[C@@H]2CCN(c3ncnc(NCC4CC4)c3Cl)C2)cc1. The summed E-state index contributed by atoms with van der Waals surface area (Å²) in [4.78, 5) is 22.2. The van der Waals surface area contributed by atoms with Gasteiger partial charge in [0.1, 0.15) is 34.8 Å². The summed E-state index contributed by atoms with van der Waals surface area (Å²) in [7, 11) is 0. The zero-order valence-electron chi connectivity index (χ0n) is 17.6. The highest BCUT2D eigenvalue weighted by Crippen LogP contribution is 2.34. The molecule has 2 heterocycles. The zero-order valence-corrected chi connectivity index (χ0v) is 18.4. The number of hydrogen-bond donors (Lipinski definition) is 1. The minimum Gasteiger partial charge on any atom is -0.489 e. The Morgan fingerprint density at radius 1 is 1.27 bits per heavy atom. The first-order valence-electron chi connectivity index (χ1n) is 10.7. The molecule has 0 unspecified atom stereocenters. The lowest BCUT2D eigenvalue weighted by atomic mass is 9.96. The smallest absolute Gasteiger partial charge is 0.153 e. The Morgan fingerprint density at radius 2 is 2.03 bits per heavy atom. The molecule has 0 spiro atoms. The van der Waals surface area contributed by atoms with E-state index < -0.39 is 0 Å². The van der Waals surface area contributed by atoms with Crippen LogP contribution in [-0.2, 0) is 4.79 Å². The van der Waals surface area contributed by atoms with Crippen LogP contribution < -0.4 is 15.0 Å². The molecule has 1 aromatic heterocycles. The van der Waals surface area contributed by atoms with Crippen molar-refractivity contribution >= 4 is 29.0 Å². The van der Waals surface area contributed by atoms with Gasteiger partial charge in [0.2, 0.25) is 0 Å². The number of anilines is 2. The second kappa shape index (κ2) is 9.21. The molecule has 1 N–H and O–H groups in total. The first-order valence-corrected chi connectivity index (χ1v) is 11.1. The van der Waals surface area contributed by atoms with E-state index in [4.69, 9.17) is 16.3 Å². The summed E-state index contributed by atoms with van der Waals surface area (Å²) >= 11 is 6.59. The summed E-state index contributed by atoms with van der Waals surface area (Å²) in [6.07, 6.45) is 5.70. The van der Waals surface area contributed by atoms with Crippen molar-refractivity contribution in [1.82, 2.24) is 9.97 Å². The number of halogens is 1. The van der Waals surface area contributed by atoms with Crippen LogP contribution in [0.25, 0.3) is 0 Å². The number of Topliss-reactive ketones (excluding diaryl/α,β-unsaturated/α-hetero) is 1. The highest BCUT2D eigenvalue weighted by Gasteiger charge is 2.28. The third-order valence-corrected chi connectivity index (χ3v) is 6.16. The summed E-state index contributed by atoms with van der Waals surface area (Å²) in [5, 5.41) is 3.94. The van der Waals surface area contributed by atoms with Crippen molar-refractivity contribution in [2.75, 3.05) is 29.9 Å². The van der Waals surface area contributed by atoms with Crippen LogP contribution >= 0.6 is 11.6 Å². The predicted octanol–water partition coefficient (Wildman–Crippen LogP) is 4.69. The summed E-state index contributed by atoms with van der Waals surface area (Å²) < 4.78 is 6.19. The minimum absolute atomic E-state index is 0.0828. The van der Waals surface area contributed by atoms with Crippen LogP contribution in [0.2, 0.25) is 5.02 Å². The number of carbonyl (C=O) groups is 1. The molecule has 1 aromatic carbocycles. The number of ether oxygens (including phenoxy) is 1. The fourth-order valence-corrected chi connectivity index (χ4v) is 4.18. The van der Waals surface area contributed by atoms with Crippen LogP contribution in [-0.4, -0.2) is 41.5 Å². The maximum absolute atomic E-state index is 11.3. The van der Waals surface area contributed by atoms with Crippen LogP contribution in [0.5, 0.6) is 5.75 Å². The van der Waals surface area contributed by atoms with Gasteiger partial charge in [-0.1, -0.05) is 30.7 Å².